The molecular formula is C13H6N4O3S2. The fourth-order valence-electron chi connectivity index (χ4n) is 1.65. The average Bonchev–Trinajstić information content (AvgIpc) is 3.18. The van der Waals surface area contributed by atoms with E-state index < -0.39 is 4.92 Å². The van der Waals surface area contributed by atoms with Gasteiger partial charge in [-0.2, -0.15) is 5.26 Å². The Hall–Kier alpha value is -2.70. The first-order chi connectivity index (χ1) is 10.7. The third-order valence-corrected chi connectivity index (χ3v) is 4.40. The Bertz CT molecular complexity index is 868. The van der Waals surface area contributed by atoms with Gasteiger partial charge in [0, 0.05) is 17.0 Å². The molecule has 0 N–H and O–H groups in total. The maximum absolute atomic E-state index is 10.7. The molecule has 0 saturated carbocycles. The van der Waals surface area contributed by atoms with E-state index >= 15 is 0 Å². The van der Waals surface area contributed by atoms with Crippen molar-refractivity contribution in [2.75, 3.05) is 0 Å². The number of hydrogen-bond acceptors (Lipinski definition) is 8. The van der Waals surface area contributed by atoms with Crippen molar-refractivity contribution in [3.8, 4) is 16.8 Å². The molecule has 0 saturated heterocycles. The third kappa shape index (κ3) is 2.83. The van der Waals surface area contributed by atoms with E-state index in [4.69, 9.17) is 9.68 Å². The van der Waals surface area contributed by atoms with E-state index in [0.29, 0.717) is 10.8 Å². The van der Waals surface area contributed by atoms with Gasteiger partial charge >= 0.3 is 0 Å². The number of nitrogens with zero attached hydrogens (tertiary/aromatic N) is 4. The lowest BCUT2D eigenvalue weighted by molar-refractivity contribution is -0.384. The zero-order valence-electron chi connectivity index (χ0n) is 10.8. The largest absolute Gasteiger partial charge is 0.410 e. The van der Waals surface area contributed by atoms with Gasteiger partial charge in [-0.15, -0.1) is 21.5 Å². The van der Waals surface area contributed by atoms with Crippen LogP contribution in [0.4, 0.5) is 5.69 Å². The van der Waals surface area contributed by atoms with E-state index in [2.05, 4.69) is 10.2 Å². The summed E-state index contributed by atoms with van der Waals surface area (Å²) in [7, 11) is 0. The smallest absolute Gasteiger partial charge is 0.281 e. The van der Waals surface area contributed by atoms with Crippen LogP contribution in [0.25, 0.3) is 10.8 Å². The summed E-state index contributed by atoms with van der Waals surface area (Å²) >= 11 is 2.57. The number of thiophene rings is 1. The first kappa shape index (κ1) is 14.2. The van der Waals surface area contributed by atoms with Crippen LogP contribution in [0.3, 0.4) is 0 Å². The molecular weight excluding hydrogens is 324 g/mol. The Morgan fingerprint density at radius 2 is 2.23 bits per heavy atom. The van der Waals surface area contributed by atoms with Crippen LogP contribution in [0.1, 0.15) is 5.56 Å². The Morgan fingerprint density at radius 1 is 1.36 bits per heavy atom. The fraction of sp³-hybridized carbons (Fsp3) is 0. The monoisotopic (exact) mass is 330 g/mol. The minimum atomic E-state index is -0.545. The first-order valence-electron chi connectivity index (χ1n) is 5.91. The molecule has 0 unspecified atom stereocenters. The van der Waals surface area contributed by atoms with Crippen molar-refractivity contribution in [2.45, 2.75) is 10.1 Å². The van der Waals surface area contributed by atoms with Crippen LogP contribution >= 0.6 is 23.1 Å². The molecule has 22 heavy (non-hydrogen) atoms. The number of aromatic nitrogens is 2. The van der Waals surface area contributed by atoms with E-state index in [-0.39, 0.29) is 16.5 Å². The van der Waals surface area contributed by atoms with Crippen molar-refractivity contribution in [1.82, 2.24) is 10.2 Å². The van der Waals surface area contributed by atoms with E-state index in [0.717, 1.165) is 16.6 Å². The number of nitriles is 1. The second kappa shape index (κ2) is 5.97. The standard InChI is InChI=1S/C13H6N4O3S2/c14-7-8-6-9(17(18)19)3-4-10(8)22-13-16-15-12(20-13)11-2-1-5-21-11/h1-6H. The Kier molecular flexibility index (Phi) is 3.86. The van der Waals surface area contributed by atoms with Crippen LogP contribution in [0.5, 0.6) is 0 Å². The van der Waals surface area contributed by atoms with Crippen LogP contribution in [0, 0.1) is 21.4 Å². The molecule has 0 spiro atoms. The third-order valence-electron chi connectivity index (χ3n) is 2.63. The summed E-state index contributed by atoms with van der Waals surface area (Å²) in [6.45, 7) is 0. The van der Waals surface area contributed by atoms with Crippen LogP contribution in [0.2, 0.25) is 0 Å². The molecule has 0 aliphatic rings. The molecule has 0 fully saturated rings. The zero-order valence-corrected chi connectivity index (χ0v) is 12.4. The molecule has 0 atom stereocenters. The average molecular weight is 330 g/mol. The van der Waals surface area contributed by atoms with Gasteiger partial charge in [-0.3, -0.25) is 10.1 Å². The molecule has 0 amide bonds. The molecule has 1 aromatic carbocycles. The van der Waals surface area contributed by atoms with Crippen molar-refractivity contribution < 1.29 is 9.34 Å². The van der Waals surface area contributed by atoms with Crippen LogP contribution in [-0.2, 0) is 0 Å². The Morgan fingerprint density at radius 3 is 2.91 bits per heavy atom. The minimum Gasteiger partial charge on any atom is -0.410 e. The molecule has 3 aromatic rings. The number of non-ortho nitro benzene ring substituents is 1. The van der Waals surface area contributed by atoms with Gasteiger partial charge in [-0.25, -0.2) is 0 Å². The summed E-state index contributed by atoms with van der Waals surface area (Å²) in [6, 6.07) is 9.72. The molecule has 0 aliphatic carbocycles. The number of nitro benzene ring substituents is 1. The van der Waals surface area contributed by atoms with E-state index in [9.17, 15) is 10.1 Å². The maximum atomic E-state index is 10.7. The van der Waals surface area contributed by atoms with E-state index in [1.54, 1.807) is 0 Å². The quantitative estimate of drug-likeness (QED) is 0.530. The number of rotatable bonds is 4. The molecule has 2 heterocycles. The highest BCUT2D eigenvalue weighted by atomic mass is 32.2. The van der Waals surface area contributed by atoms with E-state index in [1.165, 1.54) is 29.5 Å². The predicted molar refractivity (Wildman–Crippen MR) is 79.5 cm³/mol. The molecule has 9 heteroatoms. The van der Waals surface area contributed by atoms with Gasteiger partial charge in [0.05, 0.1) is 15.4 Å². The number of hydrogen-bond donors (Lipinski definition) is 0. The van der Waals surface area contributed by atoms with Gasteiger partial charge < -0.3 is 4.42 Å². The van der Waals surface area contributed by atoms with E-state index in [1.807, 2.05) is 23.6 Å². The van der Waals surface area contributed by atoms with Crippen molar-refractivity contribution in [2.24, 2.45) is 0 Å². The van der Waals surface area contributed by atoms with Crippen LogP contribution in [0.15, 0.2) is 50.2 Å². The minimum absolute atomic E-state index is 0.134. The number of nitro groups is 1. The second-order valence-corrected chi connectivity index (χ2v) is 5.94. The molecule has 0 bridgehead atoms. The summed E-state index contributed by atoms with van der Waals surface area (Å²) in [4.78, 5) is 11.6. The molecule has 0 aliphatic heterocycles. The lowest BCUT2D eigenvalue weighted by Gasteiger charge is -1.99. The van der Waals surface area contributed by atoms with Gasteiger partial charge in [0.15, 0.2) is 0 Å². The summed E-state index contributed by atoms with van der Waals surface area (Å²) in [5, 5.41) is 29.8. The summed E-state index contributed by atoms with van der Waals surface area (Å²) in [5.74, 6) is 0.401. The first-order valence-corrected chi connectivity index (χ1v) is 7.61. The molecule has 0 radical (unpaired) electrons. The second-order valence-electron chi connectivity index (χ2n) is 4.00. The Labute approximate surface area is 132 Å². The molecule has 108 valence electrons. The SMILES string of the molecule is N#Cc1cc([N+](=O)[O-])ccc1Sc1nnc(-c2cccs2)o1. The van der Waals surface area contributed by atoms with Crippen molar-refractivity contribution >= 4 is 28.8 Å². The predicted octanol–water partition coefficient (Wildman–Crippen LogP) is 3.73. The summed E-state index contributed by atoms with van der Waals surface area (Å²) < 4.78 is 5.52. The highest BCUT2D eigenvalue weighted by molar-refractivity contribution is 7.99. The number of benzene rings is 1. The maximum Gasteiger partial charge on any atom is 0.281 e. The topological polar surface area (TPSA) is 106 Å². The summed E-state index contributed by atoms with van der Waals surface area (Å²) in [5.41, 5.74) is 0.0563. The fourth-order valence-corrected chi connectivity index (χ4v) is 3.04. The highest BCUT2D eigenvalue weighted by Crippen LogP contribution is 2.33. The Balaban J connectivity index is 1.87. The van der Waals surface area contributed by atoms with Crippen LogP contribution in [-0.4, -0.2) is 15.1 Å². The van der Waals surface area contributed by atoms with Gasteiger partial charge in [0.2, 0.25) is 0 Å². The molecule has 2 aromatic heterocycles. The zero-order chi connectivity index (χ0) is 15.5. The lowest BCUT2D eigenvalue weighted by atomic mass is 10.2. The van der Waals surface area contributed by atoms with Crippen molar-refractivity contribution in [3.05, 3.63) is 51.4 Å². The summed E-state index contributed by atoms with van der Waals surface area (Å²) in [6.07, 6.45) is 0. The highest BCUT2D eigenvalue weighted by Gasteiger charge is 2.15. The van der Waals surface area contributed by atoms with Crippen molar-refractivity contribution in [3.63, 3.8) is 0 Å². The van der Waals surface area contributed by atoms with Crippen molar-refractivity contribution in [1.29, 1.82) is 5.26 Å². The van der Waals surface area contributed by atoms with Gasteiger partial charge in [-0.05, 0) is 29.3 Å². The van der Waals surface area contributed by atoms with Gasteiger partial charge in [0.1, 0.15) is 6.07 Å². The van der Waals surface area contributed by atoms with Crippen LogP contribution < -0.4 is 0 Å². The lowest BCUT2D eigenvalue weighted by Crippen LogP contribution is -1.90. The van der Waals surface area contributed by atoms with Gasteiger partial charge in [0.25, 0.3) is 16.8 Å². The normalized spacial score (nSPS) is 10.3. The molecule has 3 rings (SSSR count). The van der Waals surface area contributed by atoms with Gasteiger partial charge in [-0.1, -0.05) is 6.07 Å². The molecule has 7 nitrogen and oxygen atoms in total.